The van der Waals surface area contributed by atoms with E-state index in [1.165, 1.54) is 25.9 Å². The maximum atomic E-state index is 5.97. The second-order valence-electron chi connectivity index (χ2n) is 8.11. The number of aromatic amines is 2. The quantitative estimate of drug-likeness (QED) is 0.426. The van der Waals surface area contributed by atoms with Crippen LogP contribution in [0.15, 0.2) is 55.1 Å². The van der Waals surface area contributed by atoms with Gasteiger partial charge in [0.1, 0.15) is 18.1 Å². The van der Waals surface area contributed by atoms with Crippen LogP contribution in [0.25, 0.3) is 44.6 Å². The van der Waals surface area contributed by atoms with E-state index < -0.39 is 0 Å². The van der Waals surface area contributed by atoms with Crippen LogP contribution in [0.3, 0.4) is 0 Å². The molecule has 0 aliphatic carbocycles. The monoisotopic (exact) mass is 425 g/mol. The van der Waals surface area contributed by atoms with Gasteiger partial charge in [-0.15, -0.1) is 0 Å². The Kier molecular flexibility index (Phi) is 4.77. The molecule has 8 heteroatoms. The number of hydrogen-bond donors (Lipinski definition) is 2. The predicted octanol–water partition coefficient (Wildman–Crippen LogP) is 4.04. The Hall–Kier alpha value is -3.78. The zero-order chi connectivity index (χ0) is 21.3. The molecule has 1 aliphatic rings. The Balaban J connectivity index is 1.28. The molecular formula is C24H23N7O. The Morgan fingerprint density at radius 3 is 2.84 bits per heavy atom. The number of fused-ring (bicyclic) bond motifs is 2. The summed E-state index contributed by atoms with van der Waals surface area (Å²) in [4.78, 5) is 19.2. The first-order valence-electron chi connectivity index (χ1n) is 10.9. The molecule has 2 N–H and O–H groups in total. The lowest BCUT2D eigenvalue weighted by Gasteiger charge is -2.15. The second-order valence-corrected chi connectivity index (χ2v) is 8.11. The lowest BCUT2D eigenvalue weighted by atomic mass is 10.1. The van der Waals surface area contributed by atoms with Crippen LogP contribution < -0.4 is 4.74 Å². The van der Waals surface area contributed by atoms with Crippen LogP contribution >= 0.6 is 0 Å². The van der Waals surface area contributed by atoms with Gasteiger partial charge in [-0.2, -0.15) is 5.10 Å². The summed E-state index contributed by atoms with van der Waals surface area (Å²) in [5, 5.41) is 8.59. The number of nitrogens with zero attached hydrogens (tertiary/aromatic N) is 5. The molecule has 0 radical (unpaired) electrons. The van der Waals surface area contributed by atoms with Crippen LogP contribution in [0.4, 0.5) is 0 Å². The smallest absolute Gasteiger partial charge is 0.138 e. The standard InChI is InChI=1S/C24H23N7O/c1-2-7-31(6-1)8-9-32-17-10-16(13-25-14-17)20-11-18-23(15-27-20)29-30-24(18)22-12-21-19(28-22)4-3-5-26-21/h3-5,10-15,28H,1-2,6-9H2,(H,29,30). The van der Waals surface area contributed by atoms with Crippen molar-refractivity contribution >= 4 is 21.9 Å². The summed E-state index contributed by atoms with van der Waals surface area (Å²) in [5.74, 6) is 0.762. The van der Waals surface area contributed by atoms with E-state index in [2.05, 4.69) is 35.0 Å². The van der Waals surface area contributed by atoms with E-state index in [1.54, 1.807) is 12.4 Å². The molecular weight excluding hydrogens is 402 g/mol. The van der Waals surface area contributed by atoms with Gasteiger partial charge in [-0.05, 0) is 56.3 Å². The first kappa shape index (κ1) is 18.9. The molecule has 160 valence electrons. The van der Waals surface area contributed by atoms with Gasteiger partial charge in [0.15, 0.2) is 0 Å². The average molecular weight is 425 g/mol. The molecule has 6 heterocycles. The third kappa shape index (κ3) is 3.58. The normalized spacial score (nSPS) is 14.5. The van der Waals surface area contributed by atoms with E-state index in [0.717, 1.165) is 56.9 Å². The number of nitrogens with one attached hydrogen (secondary N) is 2. The lowest BCUT2D eigenvalue weighted by molar-refractivity contribution is 0.237. The zero-order valence-electron chi connectivity index (χ0n) is 17.6. The van der Waals surface area contributed by atoms with Crippen LogP contribution in [0.1, 0.15) is 12.8 Å². The molecule has 0 aromatic carbocycles. The molecule has 32 heavy (non-hydrogen) atoms. The van der Waals surface area contributed by atoms with Crippen molar-refractivity contribution < 1.29 is 4.74 Å². The first-order valence-corrected chi connectivity index (χ1v) is 10.9. The summed E-state index contributed by atoms with van der Waals surface area (Å²) in [6.45, 7) is 3.96. The van der Waals surface area contributed by atoms with E-state index in [0.29, 0.717) is 6.61 Å². The molecule has 0 atom stereocenters. The Labute approximate surface area is 184 Å². The number of ether oxygens (including phenoxy) is 1. The molecule has 0 spiro atoms. The maximum Gasteiger partial charge on any atom is 0.138 e. The minimum atomic E-state index is 0.665. The van der Waals surface area contributed by atoms with Crippen molar-refractivity contribution in [3.05, 3.63) is 55.1 Å². The largest absolute Gasteiger partial charge is 0.491 e. The molecule has 6 rings (SSSR count). The van der Waals surface area contributed by atoms with Crippen LogP contribution in [-0.2, 0) is 0 Å². The fourth-order valence-corrected chi connectivity index (χ4v) is 4.30. The number of rotatable bonds is 6. The van der Waals surface area contributed by atoms with Gasteiger partial charge in [-0.25, -0.2) is 0 Å². The Bertz CT molecular complexity index is 1350. The van der Waals surface area contributed by atoms with Crippen LogP contribution in [0.5, 0.6) is 5.75 Å². The molecule has 0 unspecified atom stereocenters. The highest BCUT2D eigenvalue weighted by Crippen LogP contribution is 2.30. The number of likely N-dealkylation sites (tertiary alicyclic amines) is 1. The van der Waals surface area contributed by atoms with Crippen LogP contribution in [0, 0.1) is 0 Å². The molecule has 0 bridgehead atoms. The highest BCUT2D eigenvalue weighted by molar-refractivity contribution is 5.96. The third-order valence-electron chi connectivity index (χ3n) is 5.98. The van der Waals surface area contributed by atoms with Crippen molar-refractivity contribution in [1.29, 1.82) is 0 Å². The molecule has 1 saturated heterocycles. The molecule has 0 amide bonds. The van der Waals surface area contributed by atoms with Crippen molar-refractivity contribution in [2.75, 3.05) is 26.2 Å². The van der Waals surface area contributed by atoms with Crippen LogP contribution in [0.2, 0.25) is 0 Å². The summed E-state index contributed by atoms with van der Waals surface area (Å²) >= 11 is 0. The fourth-order valence-electron chi connectivity index (χ4n) is 4.30. The number of pyridine rings is 3. The number of hydrogen-bond acceptors (Lipinski definition) is 6. The fraction of sp³-hybridized carbons (Fsp3) is 0.250. The van der Waals surface area contributed by atoms with E-state index in [4.69, 9.17) is 4.74 Å². The van der Waals surface area contributed by atoms with Crippen molar-refractivity contribution in [1.82, 2.24) is 35.0 Å². The van der Waals surface area contributed by atoms with Gasteiger partial charge < -0.3 is 9.72 Å². The first-order chi connectivity index (χ1) is 15.8. The summed E-state index contributed by atoms with van der Waals surface area (Å²) in [7, 11) is 0. The average Bonchev–Trinajstić information content (AvgIpc) is 3.58. The predicted molar refractivity (Wildman–Crippen MR) is 123 cm³/mol. The minimum Gasteiger partial charge on any atom is -0.491 e. The molecule has 5 aromatic heterocycles. The minimum absolute atomic E-state index is 0.665. The van der Waals surface area contributed by atoms with Crippen molar-refractivity contribution in [3.63, 3.8) is 0 Å². The van der Waals surface area contributed by atoms with Crippen molar-refractivity contribution in [2.45, 2.75) is 12.8 Å². The highest BCUT2D eigenvalue weighted by Gasteiger charge is 2.14. The summed E-state index contributed by atoms with van der Waals surface area (Å²) < 4.78 is 5.97. The lowest BCUT2D eigenvalue weighted by Crippen LogP contribution is -2.25. The van der Waals surface area contributed by atoms with Gasteiger partial charge in [0.2, 0.25) is 0 Å². The van der Waals surface area contributed by atoms with E-state index in [-0.39, 0.29) is 0 Å². The molecule has 0 saturated carbocycles. The summed E-state index contributed by atoms with van der Waals surface area (Å²) in [6, 6.07) is 9.98. The highest BCUT2D eigenvalue weighted by atomic mass is 16.5. The van der Waals surface area contributed by atoms with Gasteiger partial charge in [0, 0.05) is 29.9 Å². The Morgan fingerprint density at radius 1 is 1.00 bits per heavy atom. The number of aromatic nitrogens is 6. The third-order valence-corrected chi connectivity index (χ3v) is 5.98. The molecule has 5 aromatic rings. The van der Waals surface area contributed by atoms with Gasteiger partial charge in [0.05, 0.1) is 40.3 Å². The molecule has 8 nitrogen and oxygen atoms in total. The molecule has 1 fully saturated rings. The second kappa shape index (κ2) is 8.05. The SMILES string of the molecule is c1cnc2cc(-c3n[nH]c4cnc(-c5cncc(OCCN6CCCC6)c5)cc34)[nH]c2c1. The zero-order valence-corrected chi connectivity index (χ0v) is 17.6. The topological polar surface area (TPSA) is 95.6 Å². The van der Waals surface area contributed by atoms with Gasteiger partial charge >= 0.3 is 0 Å². The Morgan fingerprint density at radius 2 is 1.94 bits per heavy atom. The van der Waals surface area contributed by atoms with Crippen molar-refractivity contribution in [3.8, 4) is 28.4 Å². The summed E-state index contributed by atoms with van der Waals surface area (Å²) in [5.41, 5.74) is 6.27. The van der Waals surface area contributed by atoms with Crippen LogP contribution in [-0.4, -0.2) is 61.3 Å². The summed E-state index contributed by atoms with van der Waals surface area (Å²) in [6.07, 6.45) is 9.74. The van der Waals surface area contributed by atoms with E-state index in [9.17, 15) is 0 Å². The van der Waals surface area contributed by atoms with Gasteiger partial charge in [-0.3, -0.25) is 25.0 Å². The molecule has 1 aliphatic heterocycles. The van der Waals surface area contributed by atoms with Gasteiger partial charge in [-0.1, -0.05) is 0 Å². The van der Waals surface area contributed by atoms with E-state index in [1.807, 2.05) is 42.7 Å². The number of H-pyrrole nitrogens is 2. The van der Waals surface area contributed by atoms with Gasteiger partial charge in [0.25, 0.3) is 0 Å². The maximum absolute atomic E-state index is 5.97. The van der Waals surface area contributed by atoms with Crippen molar-refractivity contribution in [2.24, 2.45) is 0 Å². The van der Waals surface area contributed by atoms with E-state index >= 15 is 0 Å².